The van der Waals surface area contributed by atoms with Crippen molar-refractivity contribution in [3.8, 4) is 11.1 Å². The van der Waals surface area contributed by atoms with Crippen LogP contribution < -0.4 is 10.2 Å². The molecule has 0 atom stereocenters. The van der Waals surface area contributed by atoms with Crippen molar-refractivity contribution in [1.82, 2.24) is 15.2 Å². The van der Waals surface area contributed by atoms with Gasteiger partial charge in [0.25, 0.3) is 11.1 Å². The number of carbonyl (C=O) groups excluding carboxylic acids is 2. The van der Waals surface area contributed by atoms with Gasteiger partial charge in [-0.3, -0.25) is 24.8 Å². The highest BCUT2D eigenvalue weighted by Crippen LogP contribution is 2.32. The van der Waals surface area contributed by atoms with E-state index < -0.39 is 0 Å². The maximum Gasteiger partial charge on any atom is 0.290 e. The predicted molar refractivity (Wildman–Crippen MR) is 135 cm³/mol. The van der Waals surface area contributed by atoms with Gasteiger partial charge in [-0.25, -0.2) is 0 Å². The lowest BCUT2D eigenvalue weighted by Crippen LogP contribution is -2.46. The number of pyridine rings is 1. The Kier molecular flexibility index (Phi) is 6.15. The average molecular weight is 459 g/mol. The Morgan fingerprint density at radius 2 is 1.82 bits per heavy atom. The Bertz CT molecular complexity index is 1230. The van der Waals surface area contributed by atoms with Crippen LogP contribution in [0, 0.1) is 0 Å². The number of piperazine rings is 1. The van der Waals surface area contributed by atoms with Crippen LogP contribution in [0.5, 0.6) is 0 Å². The van der Waals surface area contributed by atoms with Crippen molar-refractivity contribution in [1.29, 1.82) is 0 Å². The van der Waals surface area contributed by atoms with E-state index in [9.17, 15) is 9.59 Å². The molecule has 2 amide bonds. The molecule has 2 aliphatic heterocycles. The number of rotatable bonds is 5. The summed E-state index contributed by atoms with van der Waals surface area (Å²) in [7, 11) is 0. The van der Waals surface area contributed by atoms with Gasteiger partial charge < -0.3 is 4.90 Å². The maximum atomic E-state index is 11.9. The molecule has 0 saturated carbocycles. The maximum absolute atomic E-state index is 11.9. The molecule has 0 bridgehead atoms. The van der Waals surface area contributed by atoms with Crippen molar-refractivity contribution in [2.75, 3.05) is 37.6 Å². The first-order valence-corrected chi connectivity index (χ1v) is 12.1. The zero-order chi connectivity index (χ0) is 22.8. The predicted octanol–water partition coefficient (Wildman–Crippen LogP) is 4.76. The number of fused-ring (bicyclic) bond motifs is 1. The fraction of sp³-hybridized carbons (Fsp3) is 0.269. The van der Waals surface area contributed by atoms with Gasteiger partial charge in [-0.2, -0.15) is 0 Å². The van der Waals surface area contributed by atoms with Gasteiger partial charge >= 0.3 is 0 Å². The molecule has 3 aromatic rings. The van der Waals surface area contributed by atoms with Gasteiger partial charge in [0, 0.05) is 55.2 Å². The third-order valence-electron chi connectivity index (χ3n) is 6.18. The van der Waals surface area contributed by atoms with Gasteiger partial charge in [0.1, 0.15) is 0 Å². The van der Waals surface area contributed by atoms with Crippen molar-refractivity contribution in [3.05, 3.63) is 65.3 Å². The molecule has 33 heavy (non-hydrogen) atoms. The summed E-state index contributed by atoms with van der Waals surface area (Å²) in [5, 5.41) is 4.07. The fourth-order valence-corrected chi connectivity index (χ4v) is 5.15. The highest BCUT2D eigenvalue weighted by Gasteiger charge is 2.25. The van der Waals surface area contributed by atoms with Crippen LogP contribution in [0.15, 0.2) is 59.8 Å². The Morgan fingerprint density at radius 1 is 1.03 bits per heavy atom. The van der Waals surface area contributed by atoms with E-state index in [1.165, 1.54) is 18.7 Å². The number of amides is 2. The second-order valence-corrected chi connectivity index (χ2v) is 9.41. The van der Waals surface area contributed by atoms with Crippen LogP contribution >= 0.6 is 11.8 Å². The highest BCUT2D eigenvalue weighted by molar-refractivity contribution is 8.18. The first-order valence-electron chi connectivity index (χ1n) is 11.3. The van der Waals surface area contributed by atoms with E-state index in [1.807, 2.05) is 24.5 Å². The number of anilines is 1. The molecule has 2 aliphatic rings. The third kappa shape index (κ3) is 4.65. The van der Waals surface area contributed by atoms with E-state index >= 15 is 0 Å². The Labute approximate surface area is 197 Å². The molecule has 0 unspecified atom stereocenters. The molecule has 3 heterocycles. The van der Waals surface area contributed by atoms with E-state index in [2.05, 4.69) is 57.4 Å². The number of carbonyl (C=O) groups is 2. The van der Waals surface area contributed by atoms with Crippen molar-refractivity contribution in [2.24, 2.45) is 0 Å². The summed E-state index contributed by atoms with van der Waals surface area (Å²) >= 11 is 0.934. The summed E-state index contributed by atoms with van der Waals surface area (Å²) in [5.74, 6) is -0.342. The lowest BCUT2D eigenvalue weighted by molar-refractivity contribution is -0.115. The Hall–Kier alpha value is -3.16. The molecule has 1 aromatic heterocycles. The normalized spacial score (nSPS) is 18.3. The smallest absolute Gasteiger partial charge is 0.290 e. The monoisotopic (exact) mass is 458 g/mol. The average Bonchev–Trinajstić information content (AvgIpc) is 3.16. The first kappa shape index (κ1) is 21.7. The molecule has 7 heteroatoms. The molecule has 168 valence electrons. The molecule has 2 saturated heterocycles. The lowest BCUT2D eigenvalue weighted by Gasteiger charge is -2.36. The fourth-order valence-electron chi connectivity index (χ4n) is 4.47. The quantitative estimate of drug-likeness (QED) is 0.556. The topological polar surface area (TPSA) is 65.5 Å². The zero-order valence-corrected chi connectivity index (χ0v) is 19.4. The van der Waals surface area contributed by atoms with Gasteiger partial charge in [0.05, 0.1) is 4.91 Å². The van der Waals surface area contributed by atoms with Gasteiger partial charge in [-0.05, 0) is 65.5 Å². The summed E-state index contributed by atoms with van der Waals surface area (Å²) in [6, 6.07) is 14.7. The van der Waals surface area contributed by atoms with Crippen molar-refractivity contribution in [3.63, 3.8) is 0 Å². The van der Waals surface area contributed by atoms with Crippen LogP contribution in [0.2, 0.25) is 0 Å². The second kappa shape index (κ2) is 9.37. The second-order valence-electron chi connectivity index (χ2n) is 8.40. The highest BCUT2D eigenvalue weighted by atomic mass is 32.2. The van der Waals surface area contributed by atoms with Crippen LogP contribution in [0.3, 0.4) is 0 Å². The molecular formula is C26H26N4O2S. The number of nitrogens with zero attached hydrogens (tertiary/aromatic N) is 3. The number of hydrogen-bond acceptors (Lipinski definition) is 6. The molecule has 1 N–H and O–H groups in total. The van der Waals surface area contributed by atoms with Gasteiger partial charge in [-0.15, -0.1) is 0 Å². The van der Waals surface area contributed by atoms with E-state index in [0.717, 1.165) is 65.4 Å². The largest absolute Gasteiger partial charge is 0.369 e. The summed E-state index contributed by atoms with van der Waals surface area (Å²) in [6.07, 6.45) is 6.70. The minimum Gasteiger partial charge on any atom is -0.369 e. The number of benzene rings is 2. The third-order valence-corrected chi connectivity index (χ3v) is 6.99. The van der Waals surface area contributed by atoms with Crippen molar-refractivity contribution < 1.29 is 9.59 Å². The number of thioether (sulfide) groups is 1. The van der Waals surface area contributed by atoms with E-state index in [1.54, 1.807) is 6.08 Å². The summed E-state index contributed by atoms with van der Waals surface area (Å²) in [4.78, 5) is 33.2. The van der Waals surface area contributed by atoms with Crippen LogP contribution in [0.4, 0.5) is 10.5 Å². The van der Waals surface area contributed by atoms with Gasteiger partial charge in [0.15, 0.2) is 0 Å². The molecular weight excluding hydrogens is 432 g/mol. The van der Waals surface area contributed by atoms with Crippen LogP contribution in [0.1, 0.15) is 18.9 Å². The molecule has 5 rings (SSSR count). The van der Waals surface area contributed by atoms with E-state index in [0.29, 0.717) is 4.91 Å². The summed E-state index contributed by atoms with van der Waals surface area (Å²) < 4.78 is 0. The number of imide groups is 1. The van der Waals surface area contributed by atoms with Gasteiger partial charge in [-0.1, -0.05) is 31.2 Å². The van der Waals surface area contributed by atoms with E-state index in [-0.39, 0.29) is 11.1 Å². The lowest BCUT2D eigenvalue weighted by atomic mass is 9.98. The standard InChI is InChI=1S/C26H26N4O2S/c1-2-9-29-10-12-30(13-11-29)21-7-5-19(6-8-21)23-17-27-16-20-4-3-18(14-22(20)23)15-24-25(31)28-26(32)33-24/h3-8,14-17H,2,9-13H2,1H3,(H,28,31,32). The molecule has 6 nitrogen and oxygen atoms in total. The van der Waals surface area contributed by atoms with Crippen molar-refractivity contribution in [2.45, 2.75) is 13.3 Å². The zero-order valence-electron chi connectivity index (χ0n) is 18.6. The molecule has 2 fully saturated rings. The molecule has 0 spiro atoms. The summed E-state index contributed by atoms with van der Waals surface area (Å²) in [6.45, 7) is 7.76. The summed E-state index contributed by atoms with van der Waals surface area (Å²) in [5.41, 5.74) is 4.28. The van der Waals surface area contributed by atoms with Crippen LogP contribution in [-0.2, 0) is 4.79 Å². The molecule has 2 aromatic carbocycles. The number of nitrogens with one attached hydrogen (secondary N) is 1. The first-order chi connectivity index (χ1) is 16.1. The van der Waals surface area contributed by atoms with E-state index in [4.69, 9.17) is 0 Å². The Morgan fingerprint density at radius 3 is 2.52 bits per heavy atom. The molecule has 0 radical (unpaired) electrons. The minimum absolute atomic E-state index is 0.330. The van der Waals surface area contributed by atoms with Crippen LogP contribution in [-0.4, -0.2) is 53.8 Å². The SMILES string of the molecule is CCCN1CCN(c2ccc(-c3cncc4ccc(C=C5SC(=O)NC5=O)cc34)cc2)CC1. The minimum atomic E-state index is -0.342. The van der Waals surface area contributed by atoms with Crippen molar-refractivity contribution >= 4 is 45.4 Å². The molecule has 0 aliphatic carbocycles. The number of aromatic nitrogens is 1. The van der Waals surface area contributed by atoms with Crippen LogP contribution in [0.25, 0.3) is 28.0 Å². The van der Waals surface area contributed by atoms with Gasteiger partial charge in [0.2, 0.25) is 0 Å². The Balaban J connectivity index is 1.41. The number of hydrogen-bond donors (Lipinski definition) is 1.